The topological polar surface area (TPSA) is 76.5 Å². The molecule has 1 aromatic heterocycles. The molecule has 4 aromatic rings. The smallest absolute Gasteiger partial charge is 0.253 e. The summed E-state index contributed by atoms with van der Waals surface area (Å²) in [5, 5.41) is 7.23. The maximum Gasteiger partial charge on any atom is 0.253 e. The van der Waals surface area contributed by atoms with Crippen LogP contribution in [0.4, 0.5) is 14.5 Å². The van der Waals surface area contributed by atoms with Gasteiger partial charge >= 0.3 is 0 Å². The van der Waals surface area contributed by atoms with E-state index in [0.29, 0.717) is 28.8 Å². The summed E-state index contributed by atoms with van der Waals surface area (Å²) >= 11 is 3.44. The second kappa shape index (κ2) is 11.1. The Bertz CT molecular complexity index is 1520. The first-order valence-corrected chi connectivity index (χ1v) is 13.1. The molecule has 5 rings (SSSR count). The number of hydrogen-bond acceptors (Lipinski definition) is 4. The van der Waals surface area contributed by atoms with E-state index in [4.69, 9.17) is 9.84 Å². The van der Waals surface area contributed by atoms with Crippen LogP contribution in [0.15, 0.2) is 77.4 Å². The molecule has 0 saturated carbocycles. The lowest BCUT2D eigenvalue weighted by atomic mass is 10.1. The van der Waals surface area contributed by atoms with Crippen LogP contribution < -0.4 is 5.32 Å². The standard InChI is InChI=1S/C29H25BrF2N4O3/c1-17-28(38)35(14-13-19-3-12-26(25(32)15-19)33-18(2)37)29(39-17)24-16-36(23-10-6-21(30)7-11-23)34-27(24)20-4-8-22(31)9-5-20/h3-12,15-17,29H,13-14H2,1-2H3,(H,33,37)/t17-,29-/m0/s1. The number of aromatic nitrogens is 2. The number of nitrogens with zero attached hydrogens (tertiary/aromatic N) is 3. The van der Waals surface area contributed by atoms with E-state index in [-0.39, 0.29) is 29.9 Å². The van der Waals surface area contributed by atoms with Crippen molar-refractivity contribution >= 4 is 33.4 Å². The van der Waals surface area contributed by atoms with Crippen molar-refractivity contribution in [2.75, 3.05) is 11.9 Å². The van der Waals surface area contributed by atoms with Crippen LogP contribution in [-0.2, 0) is 20.7 Å². The maximum absolute atomic E-state index is 14.5. The van der Waals surface area contributed by atoms with E-state index >= 15 is 0 Å². The summed E-state index contributed by atoms with van der Waals surface area (Å²) in [6, 6.07) is 18.1. The quantitative estimate of drug-likeness (QED) is 0.283. The van der Waals surface area contributed by atoms with Crippen molar-refractivity contribution in [2.45, 2.75) is 32.6 Å². The Morgan fingerprint density at radius 3 is 2.46 bits per heavy atom. The van der Waals surface area contributed by atoms with E-state index in [9.17, 15) is 18.4 Å². The lowest BCUT2D eigenvalue weighted by molar-refractivity contribution is -0.130. The fraction of sp³-hybridized carbons (Fsp3) is 0.207. The van der Waals surface area contributed by atoms with Crippen LogP contribution in [0.25, 0.3) is 16.9 Å². The second-order valence-corrected chi connectivity index (χ2v) is 10.2. The average Bonchev–Trinajstić information content (AvgIpc) is 3.46. The van der Waals surface area contributed by atoms with Gasteiger partial charge in [0.2, 0.25) is 5.91 Å². The minimum Gasteiger partial charge on any atom is -0.341 e. The van der Waals surface area contributed by atoms with Gasteiger partial charge in [-0.15, -0.1) is 0 Å². The van der Waals surface area contributed by atoms with Gasteiger partial charge in [-0.25, -0.2) is 13.5 Å². The van der Waals surface area contributed by atoms with Crippen LogP contribution in [0, 0.1) is 11.6 Å². The number of ether oxygens (including phenoxy) is 1. The molecule has 0 radical (unpaired) electrons. The minimum atomic E-state index is -0.750. The van der Waals surface area contributed by atoms with Gasteiger partial charge in [0.1, 0.15) is 23.4 Å². The van der Waals surface area contributed by atoms with Crippen molar-refractivity contribution in [1.29, 1.82) is 0 Å². The van der Waals surface area contributed by atoms with E-state index in [0.717, 1.165) is 10.2 Å². The molecule has 0 bridgehead atoms. The molecule has 1 N–H and O–H groups in total. The number of carbonyl (C=O) groups is 2. The van der Waals surface area contributed by atoms with Crippen LogP contribution >= 0.6 is 15.9 Å². The van der Waals surface area contributed by atoms with Gasteiger partial charge in [-0.2, -0.15) is 5.10 Å². The van der Waals surface area contributed by atoms with Gasteiger partial charge in [0.05, 0.1) is 11.4 Å². The molecule has 1 aliphatic heterocycles. The van der Waals surface area contributed by atoms with Crippen LogP contribution in [0.1, 0.15) is 31.2 Å². The SMILES string of the molecule is CC(=O)Nc1ccc(CCN2C(=O)[C@H](C)O[C@H]2c2cn(-c3ccc(Br)cc3)nc2-c2ccc(F)cc2)cc1F. The van der Waals surface area contributed by atoms with Crippen molar-refractivity contribution in [3.8, 4) is 16.9 Å². The highest BCUT2D eigenvalue weighted by Gasteiger charge is 2.40. The van der Waals surface area contributed by atoms with Crippen molar-refractivity contribution in [3.05, 3.63) is 100 Å². The Kier molecular flexibility index (Phi) is 7.58. The number of nitrogens with one attached hydrogen (secondary N) is 1. The molecule has 2 atom stereocenters. The van der Waals surface area contributed by atoms with E-state index in [1.165, 1.54) is 31.2 Å². The predicted molar refractivity (Wildman–Crippen MR) is 146 cm³/mol. The van der Waals surface area contributed by atoms with Gasteiger partial charge in [0, 0.05) is 35.3 Å². The molecule has 2 amide bonds. The third kappa shape index (κ3) is 5.76. The van der Waals surface area contributed by atoms with E-state index < -0.39 is 18.1 Å². The summed E-state index contributed by atoms with van der Waals surface area (Å²) in [6.07, 6.45) is 0.737. The fourth-order valence-electron chi connectivity index (χ4n) is 4.52. The molecule has 200 valence electrons. The van der Waals surface area contributed by atoms with Crippen LogP contribution in [-0.4, -0.2) is 39.1 Å². The van der Waals surface area contributed by atoms with Crippen LogP contribution in [0.3, 0.4) is 0 Å². The van der Waals surface area contributed by atoms with E-state index in [1.54, 1.807) is 34.7 Å². The number of hydrogen-bond donors (Lipinski definition) is 1. The Morgan fingerprint density at radius 2 is 1.79 bits per heavy atom. The summed E-state index contributed by atoms with van der Waals surface area (Å²) in [4.78, 5) is 26.0. The molecule has 1 saturated heterocycles. The summed E-state index contributed by atoms with van der Waals surface area (Å²) in [6.45, 7) is 3.26. The average molecular weight is 595 g/mol. The Morgan fingerprint density at radius 1 is 1.08 bits per heavy atom. The summed E-state index contributed by atoms with van der Waals surface area (Å²) < 4.78 is 36.9. The molecule has 0 aliphatic carbocycles. The number of amides is 2. The molecular formula is C29H25BrF2N4O3. The molecule has 7 nitrogen and oxygen atoms in total. The van der Waals surface area contributed by atoms with Crippen molar-refractivity contribution < 1.29 is 23.1 Å². The Balaban J connectivity index is 1.48. The van der Waals surface area contributed by atoms with Crippen molar-refractivity contribution in [2.24, 2.45) is 0 Å². The second-order valence-electron chi connectivity index (χ2n) is 9.27. The Labute approximate surface area is 232 Å². The fourth-order valence-corrected chi connectivity index (χ4v) is 4.79. The van der Waals surface area contributed by atoms with Crippen LogP contribution in [0.5, 0.6) is 0 Å². The first-order valence-electron chi connectivity index (χ1n) is 12.3. The van der Waals surface area contributed by atoms with Gasteiger partial charge in [-0.3, -0.25) is 9.59 Å². The lowest BCUT2D eigenvalue weighted by Crippen LogP contribution is -2.32. The molecule has 0 unspecified atom stereocenters. The number of halogens is 3. The Hall–Kier alpha value is -3.89. The number of rotatable bonds is 7. The monoisotopic (exact) mass is 594 g/mol. The largest absolute Gasteiger partial charge is 0.341 e. The normalized spacial score (nSPS) is 17.1. The number of anilines is 1. The zero-order valence-corrected chi connectivity index (χ0v) is 22.8. The highest BCUT2D eigenvalue weighted by atomic mass is 79.9. The van der Waals surface area contributed by atoms with E-state index in [1.807, 2.05) is 30.5 Å². The molecule has 0 spiro atoms. The molecule has 10 heteroatoms. The molecule has 2 heterocycles. The van der Waals surface area contributed by atoms with Gasteiger partial charge in [0.25, 0.3) is 5.91 Å². The zero-order chi connectivity index (χ0) is 27.7. The first kappa shape index (κ1) is 26.7. The maximum atomic E-state index is 14.5. The molecule has 3 aromatic carbocycles. The van der Waals surface area contributed by atoms with Crippen molar-refractivity contribution in [3.63, 3.8) is 0 Å². The zero-order valence-electron chi connectivity index (χ0n) is 21.2. The van der Waals surface area contributed by atoms with Gasteiger partial charge in [-0.1, -0.05) is 22.0 Å². The summed E-state index contributed by atoms with van der Waals surface area (Å²) in [5.41, 5.74) is 3.44. The molecular weight excluding hydrogens is 570 g/mol. The molecule has 1 aliphatic rings. The van der Waals surface area contributed by atoms with E-state index in [2.05, 4.69) is 21.2 Å². The molecule has 39 heavy (non-hydrogen) atoms. The highest BCUT2D eigenvalue weighted by molar-refractivity contribution is 9.10. The number of carbonyl (C=O) groups excluding carboxylic acids is 2. The van der Waals surface area contributed by atoms with Gasteiger partial charge in [-0.05, 0) is 79.6 Å². The van der Waals surface area contributed by atoms with Crippen LogP contribution in [0.2, 0.25) is 0 Å². The predicted octanol–water partition coefficient (Wildman–Crippen LogP) is 6.03. The summed E-state index contributed by atoms with van der Waals surface area (Å²) in [5.74, 6) is -1.48. The van der Waals surface area contributed by atoms with Gasteiger partial charge in [0.15, 0.2) is 6.23 Å². The van der Waals surface area contributed by atoms with Crippen molar-refractivity contribution in [1.82, 2.24) is 14.7 Å². The third-order valence-electron chi connectivity index (χ3n) is 6.45. The molecule has 1 fully saturated rings. The number of benzene rings is 3. The third-order valence-corrected chi connectivity index (χ3v) is 6.98. The lowest BCUT2D eigenvalue weighted by Gasteiger charge is -2.23. The van der Waals surface area contributed by atoms with Gasteiger partial charge < -0.3 is 15.0 Å². The highest BCUT2D eigenvalue weighted by Crippen LogP contribution is 2.37. The first-order chi connectivity index (χ1) is 18.7. The summed E-state index contributed by atoms with van der Waals surface area (Å²) in [7, 11) is 0. The minimum absolute atomic E-state index is 0.0997.